The summed E-state index contributed by atoms with van der Waals surface area (Å²) in [6, 6.07) is 6.60. The van der Waals surface area contributed by atoms with Crippen molar-refractivity contribution in [3.8, 4) is 0 Å². The second-order valence-electron chi connectivity index (χ2n) is 7.58. The van der Waals surface area contributed by atoms with E-state index in [0.29, 0.717) is 12.8 Å². The summed E-state index contributed by atoms with van der Waals surface area (Å²) >= 11 is 0. The summed E-state index contributed by atoms with van der Waals surface area (Å²) in [6.07, 6.45) is 4.91. The monoisotopic (exact) mass is 308 g/mol. The summed E-state index contributed by atoms with van der Waals surface area (Å²) in [7, 11) is 0. The van der Waals surface area contributed by atoms with Crippen molar-refractivity contribution in [3.63, 3.8) is 0 Å². The maximum atomic E-state index is 12.1. The molecule has 23 heavy (non-hydrogen) atoms. The van der Waals surface area contributed by atoms with Crippen LogP contribution in [0.15, 0.2) is 30.6 Å². The van der Waals surface area contributed by atoms with E-state index in [4.69, 9.17) is 4.74 Å². The number of hydrogen-bond donors (Lipinski definition) is 0. The van der Waals surface area contributed by atoms with Crippen LogP contribution >= 0.6 is 0 Å². The van der Waals surface area contributed by atoms with Gasteiger partial charge in [-0.3, -0.25) is 14.8 Å². The van der Waals surface area contributed by atoms with E-state index in [-0.39, 0.29) is 17.8 Å². The second kappa shape index (κ2) is 4.63. The highest BCUT2D eigenvalue weighted by atomic mass is 16.6. The van der Waals surface area contributed by atoms with Gasteiger partial charge in [0.25, 0.3) is 0 Å². The lowest BCUT2D eigenvalue weighted by Gasteiger charge is -2.33. The van der Waals surface area contributed by atoms with E-state index < -0.39 is 5.60 Å². The van der Waals surface area contributed by atoms with E-state index in [1.54, 1.807) is 12.4 Å². The summed E-state index contributed by atoms with van der Waals surface area (Å²) in [6.45, 7) is 6.63. The van der Waals surface area contributed by atoms with Gasteiger partial charge >= 0.3 is 5.97 Å². The van der Waals surface area contributed by atoms with Crippen LogP contribution < -0.4 is 0 Å². The van der Waals surface area contributed by atoms with Gasteiger partial charge in [0.05, 0.1) is 12.1 Å². The molecular weight excluding hydrogens is 288 g/mol. The van der Waals surface area contributed by atoms with E-state index in [0.717, 1.165) is 11.4 Å². The number of carbonyl (C=O) groups excluding carboxylic acids is 1. The van der Waals surface area contributed by atoms with Gasteiger partial charge in [-0.1, -0.05) is 39.0 Å². The molecule has 1 atom stereocenters. The molecule has 2 aromatic rings. The number of aromatic nitrogens is 2. The maximum Gasteiger partial charge on any atom is 0.312 e. The van der Waals surface area contributed by atoms with Gasteiger partial charge < -0.3 is 4.74 Å². The van der Waals surface area contributed by atoms with Crippen LogP contribution in [-0.4, -0.2) is 15.9 Å². The molecule has 1 unspecified atom stereocenters. The third kappa shape index (κ3) is 2.24. The van der Waals surface area contributed by atoms with Crippen molar-refractivity contribution in [2.24, 2.45) is 0 Å². The number of esters is 1. The van der Waals surface area contributed by atoms with Crippen molar-refractivity contribution in [2.45, 2.75) is 51.0 Å². The zero-order chi connectivity index (χ0) is 16.2. The van der Waals surface area contributed by atoms with Crippen molar-refractivity contribution in [1.82, 2.24) is 9.97 Å². The average Bonchev–Trinajstić information content (AvgIpc) is 2.83. The fraction of sp³-hybridized carbons (Fsp3) is 0.421. The number of hydrogen-bond acceptors (Lipinski definition) is 4. The first-order chi connectivity index (χ1) is 10.9. The van der Waals surface area contributed by atoms with Crippen LogP contribution in [0.2, 0.25) is 0 Å². The van der Waals surface area contributed by atoms with E-state index in [1.165, 1.54) is 16.7 Å². The Labute approximate surface area is 135 Å². The van der Waals surface area contributed by atoms with Crippen LogP contribution in [0.25, 0.3) is 0 Å². The van der Waals surface area contributed by atoms with Gasteiger partial charge in [-0.25, -0.2) is 0 Å². The molecule has 2 aliphatic rings. The molecule has 0 fully saturated rings. The van der Waals surface area contributed by atoms with Gasteiger partial charge in [-0.15, -0.1) is 0 Å². The topological polar surface area (TPSA) is 52.1 Å². The molecule has 1 spiro atoms. The number of rotatable bonds is 0. The molecule has 4 nitrogen and oxygen atoms in total. The highest BCUT2D eigenvalue weighted by Gasteiger charge is 2.48. The Morgan fingerprint density at radius 2 is 1.83 bits per heavy atom. The first-order valence-corrected chi connectivity index (χ1v) is 8.02. The number of carbonyl (C=O) groups is 1. The molecule has 0 saturated heterocycles. The molecule has 118 valence electrons. The molecule has 4 rings (SSSR count). The van der Waals surface area contributed by atoms with Crippen LogP contribution in [0.4, 0.5) is 0 Å². The summed E-state index contributed by atoms with van der Waals surface area (Å²) < 4.78 is 5.83. The minimum Gasteiger partial charge on any atom is -0.451 e. The number of nitrogens with zero attached hydrogens (tertiary/aromatic N) is 2. The summed E-state index contributed by atoms with van der Waals surface area (Å²) in [5, 5.41) is 0. The van der Waals surface area contributed by atoms with Crippen LogP contribution in [0.3, 0.4) is 0 Å². The average molecular weight is 308 g/mol. The first-order valence-electron chi connectivity index (χ1n) is 8.02. The Balaban J connectivity index is 1.79. The van der Waals surface area contributed by atoms with E-state index >= 15 is 0 Å². The molecule has 1 aliphatic carbocycles. The lowest BCUT2D eigenvalue weighted by molar-refractivity contribution is -0.162. The minimum atomic E-state index is -0.669. The predicted molar refractivity (Wildman–Crippen MR) is 86.1 cm³/mol. The highest BCUT2D eigenvalue weighted by Crippen LogP contribution is 2.44. The van der Waals surface area contributed by atoms with E-state index in [1.807, 2.05) is 0 Å². The molecule has 0 saturated carbocycles. The Hall–Kier alpha value is -2.23. The van der Waals surface area contributed by atoms with Gasteiger partial charge in [0.2, 0.25) is 0 Å². The van der Waals surface area contributed by atoms with Crippen LogP contribution in [-0.2, 0) is 39.8 Å². The Bertz CT molecular complexity index is 807. The molecule has 0 radical (unpaired) electrons. The van der Waals surface area contributed by atoms with Crippen molar-refractivity contribution >= 4 is 5.97 Å². The number of ether oxygens (including phenoxy) is 1. The Morgan fingerprint density at radius 1 is 1.09 bits per heavy atom. The third-order valence-electron chi connectivity index (χ3n) is 4.85. The number of benzene rings is 1. The fourth-order valence-corrected chi connectivity index (χ4v) is 3.66. The van der Waals surface area contributed by atoms with Crippen molar-refractivity contribution < 1.29 is 9.53 Å². The van der Waals surface area contributed by atoms with E-state index in [9.17, 15) is 4.79 Å². The normalized spacial score (nSPS) is 22.7. The first kappa shape index (κ1) is 14.4. The van der Waals surface area contributed by atoms with Crippen molar-refractivity contribution in [1.29, 1.82) is 0 Å². The van der Waals surface area contributed by atoms with Gasteiger partial charge in [0.1, 0.15) is 5.69 Å². The van der Waals surface area contributed by atoms with Gasteiger partial charge in [-0.05, 0) is 22.1 Å². The molecule has 0 bridgehead atoms. The fourth-order valence-electron chi connectivity index (χ4n) is 3.66. The standard InChI is InChI=1S/C19H20N2O2/c1-18(2,3)14-5-4-12-10-19(11-13(12)8-14)17-15(9-16(22)23-19)20-6-7-21-17/h4-8H,9-11H2,1-3H3. The number of fused-ring (bicyclic) bond motifs is 3. The summed E-state index contributed by atoms with van der Waals surface area (Å²) in [4.78, 5) is 20.9. The molecule has 2 heterocycles. The largest absolute Gasteiger partial charge is 0.451 e. The zero-order valence-corrected chi connectivity index (χ0v) is 13.7. The molecule has 1 aromatic heterocycles. The molecule has 0 N–H and O–H groups in total. The van der Waals surface area contributed by atoms with E-state index in [2.05, 4.69) is 48.9 Å². The molecule has 1 aliphatic heterocycles. The van der Waals surface area contributed by atoms with Gasteiger partial charge in [0.15, 0.2) is 5.60 Å². The second-order valence-corrected chi connectivity index (χ2v) is 7.58. The maximum absolute atomic E-state index is 12.1. The summed E-state index contributed by atoms with van der Waals surface area (Å²) in [5.41, 5.74) is 4.81. The van der Waals surface area contributed by atoms with Crippen molar-refractivity contribution in [3.05, 3.63) is 58.7 Å². The smallest absolute Gasteiger partial charge is 0.312 e. The predicted octanol–water partition coefficient (Wildman–Crippen LogP) is 2.87. The minimum absolute atomic E-state index is 0.103. The zero-order valence-electron chi connectivity index (χ0n) is 13.7. The van der Waals surface area contributed by atoms with Gasteiger partial charge in [0, 0.05) is 25.2 Å². The van der Waals surface area contributed by atoms with Crippen LogP contribution in [0.1, 0.15) is 48.8 Å². The molecular formula is C19H20N2O2. The lowest BCUT2D eigenvalue weighted by Crippen LogP contribution is -2.40. The van der Waals surface area contributed by atoms with Crippen molar-refractivity contribution in [2.75, 3.05) is 0 Å². The summed E-state index contributed by atoms with van der Waals surface area (Å²) in [5.74, 6) is -0.207. The molecule has 0 amide bonds. The van der Waals surface area contributed by atoms with Crippen LogP contribution in [0, 0.1) is 0 Å². The SMILES string of the molecule is CC(C)(C)c1ccc2c(c1)CC1(C2)OC(=O)Cc2nccnc21. The van der Waals surface area contributed by atoms with Gasteiger partial charge in [-0.2, -0.15) is 0 Å². The highest BCUT2D eigenvalue weighted by molar-refractivity contribution is 5.75. The quantitative estimate of drug-likeness (QED) is 0.702. The van der Waals surface area contributed by atoms with Crippen LogP contribution in [0.5, 0.6) is 0 Å². The Morgan fingerprint density at radius 3 is 2.61 bits per heavy atom. The molecule has 4 heteroatoms. The third-order valence-corrected chi connectivity index (χ3v) is 4.85. The Kier molecular flexibility index (Phi) is 2.89. The lowest BCUT2D eigenvalue weighted by atomic mass is 9.85. The molecule has 1 aromatic carbocycles.